The minimum Gasteiger partial charge on any atom is -0.339 e. The van der Waals surface area contributed by atoms with Crippen molar-refractivity contribution in [1.82, 2.24) is 14.5 Å². The summed E-state index contributed by atoms with van der Waals surface area (Å²) in [6.07, 6.45) is 6.49. The Kier molecular flexibility index (Phi) is 11.1. The Labute approximate surface area is 208 Å². The summed E-state index contributed by atoms with van der Waals surface area (Å²) in [7, 11) is -4.07. The molecule has 2 amide bonds. The minimum atomic E-state index is -4.07. The number of unbranched alkanes of at least 4 members (excludes halogenated alkanes) is 4. The molecule has 0 radical (unpaired) electrons. The Balaban J connectivity index is 1.99. The van der Waals surface area contributed by atoms with Crippen molar-refractivity contribution in [3.8, 4) is 0 Å². The number of hydrogen-bond donors (Lipinski definition) is 1. The van der Waals surface area contributed by atoms with Crippen LogP contribution in [0.3, 0.4) is 0 Å². The topological polar surface area (TPSA) is 130 Å². The van der Waals surface area contributed by atoms with E-state index in [9.17, 15) is 28.1 Å². The molecule has 1 N–H and O–H groups in total. The van der Waals surface area contributed by atoms with Crippen molar-refractivity contribution in [2.24, 2.45) is 5.92 Å². The molecule has 2 unspecified atom stereocenters. The van der Waals surface area contributed by atoms with Crippen LogP contribution in [0.2, 0.25) is 0 Å². The van der Waals surface area contributed by atoms with E-state index in [-0.39, 0.29) is 28.3 Å². The third-order valence-corrected chi connectivity index (χ3v) is 8.01. The van der Waals surface area contributed by atoms with Gasteiger partial charge in [-0.3, -0.25) is 19.7 Å². The molecule has 0 bridgehead atoms. The number of carbonyl (C=O) groups is 2. The van der Waals surface area contributed by atoms with Crippen LogP contribution in [0.4, 0.5) is 5.69 Å². The van der Waals surface area contributed by atoms with Crippen molar-refractivity contribution in [2.45, 2.75) is 76.7 Å². The number of amides is 2. The maximum atomic E-state index is 13.3. The number of nitrogens with zero attached hydrogens (tertiary/aromatic N) is 3. The Morgan fingerprint density at radius 1 is 1.00 bits per heavy atom. The highest BCUT2D eigenvalue weighted by Gasteiger charge is 2.34. The minimum absolute atomic E-state index is 0.103. The highest BCUT2D eigenvalue weighted by molar-refractivity contribution is 7.89. The fraction of sp³-hybridized carbons (Fsp3) is 0.667. The van der Waals surface area contributed by atoms with Crippen molar-refractivity contribution in [3.63, 3.8) is 0 Å². The molecule has 0 aliphatic carbocycles. The third kappa shape index (κ3) is 8.28. The number of nitro groups is 1. The molecule has 11 heteroatoms. The van der Waals surface area contributed by atoms with Crippen molar-refractivity contribution in [1.29, 1.82) is 0 Å². The molecule has 0 aromatic heterocycles. The molecule has 1 saturated heterocycles. The smallest absolute Gasteiger partial charge is 0.269 e. The van der Waals surface area contributed by atoms with E-state index in [1.54, 1.807) is 16.7 Å². The van der Waals surface area contributed by atoms with Gasteiger partial charge in [-0.25, -0.2) is 8.42 Å². The molecule has 196 valence electrons. The number of nitrogens with one attached hydrogen (secondary N) is 1. The van der Waals surface area contributed by atoms with Gasteiger partial charge in [0.05, 0.1) is 9.82 Å². The van der Waals surface area contributed by atoms with Crippen LogP contribution in [0, 0.1) is 16.0 Å². The number of benzene rings is 1. The largest absolute Gasteiger partial charge is 0.339 e. The van der Waals surface area contributed by atoms with Crippen LogP contribution in [0.5, 0.6) is 0 Å². The zero-order valence-electron chi connectivity index (χ0n) is 20.9. The molecular formula is C24H38N4O6S. The number of rotatable bonds is 13. The molecule has 2 atom stereocenters. The average molecular weight is 511 g/mol. The van der Waals surface area contributed by atoms with Crippen LogP contribution in [-0.4, -0.2) is 67.2 Å². The zero-order valence-corrected chi connectivity index (χ0v) is 21.8. The van der Waals surface area contributed by atoms with Crippen LogP contribution < -0.4 is 4.72 Å². The maximum absolute atomic E-state index is 13.3. The lowest BCUT2D eigenvalue weighted by molar-refractivity contribution is -0.384. The first kappa shape index (κ1) is 28.7. The number of non-ortho nitro benzene ring substituents is 1. The first-order chi connectivity index (χ1) is 16.6. The summed E-state index contributed by atoms with van der Waals surface area (Å²) in [5, 5.41) is 10.9. The Hall–Kier alpha value is -2.53. The molecule has 1 aromatic carbocycles. The van der Waals surface area contributed by atoms with Gasteiger partial charge >= 0.3 is 0 Å². The van der Waals surface area contributed by atoms with Crippen LogP contribution in [0.25, 0.3) is 0 Å². The lowest BCUT2D eigenvalue weighted by Gasteiger charge is -2.37. The van der Waals surface area contributed by atoms with Gasteiger partial charge in [0.1, 0.15) is 6.04 Å². The fourth-order valence-electron chi connectivity index (χ4n) is 4.04. The van der Waals surface area contributed by atoms with E-state index >= 15 is 0 Å². The summed E-state index contributed by atoms with van der Waals surface area (Å²) in [6.45, 7) is 7.41. The van der Waals surface area contributed by atoms with E-state index in [0.717, 1.165) is 49.9 Å². The predicted molar refractivity (Wildman–Crippen MR) is 133 cm³/mol. The first-order valence-electron chi connectivity index (χ1n) is 12.4. The zero-order chi connectivity index (χ0) is 26.0. The molecule has 1 aliphatic rings. The number of hydrogen-bond acceptors (Lipinski definition) is 6. The molecule has 2 rings (SSSR count). The van der Waals surface area contributed by atoms with E-state index in [1.165, 1.54) is 6.42 Å². The summed E-state index contributed by atoms with van der Waals surface area (Å²) in [5.41, 5.74) is -0.216. The van der Waals surface area contributed by atoms with Crippen LogP contribution >= 0.6 is 0 Å². The summed E-state index contributed by atoms with van der Waals surface area (Å²) in [6, 6.07) is 3.58. The Bertz CT molecular complexity index is 959. The highest BCUT2D eigenvalue weighted by atomic mass is 32.2. The van der Waals surface area contributed by atoms with Gasteiger partial charge in [0.15, 0.2) is 0 Å². The molecule has 1 fully saturated rings. The molecule has 0 saturated carbocycles. The molecule has 1 aromatic rings. The molecule has 35 heavy (non-hydrogen) atoms. The number of sulfonamides is 1. The van der Waals surface area contributed by atoms with E-state index in [1.807, 2.05) is 6.92 Å². The highest BCUT2D eigenvalue weighted by Crippen LogP contribution is 2.19. The van der Waals surface area contributed by atoms with Crippen LogP contribution in [-0.2, 0) is 19.6 Å². The number of piperazine rings is 1. The second-order valence-corrected chi connectivity index (χ2v) is 10.8. The van der Waals surface area contributed by atoms with E-state index in [4.69, 9.17) is 0 Å². The van der Waals surface area contributed by atoms with E-state index < -0.39 is 21.0 Å². The SMILES string of the molecule is CCCCCCCC(=O)N1CCN(C(=O)C(NS(=O)(=O)c2ccc([N+](=O)[O-])cc2)C(C)CC)CC1. The average Bonchev–Trinajstić information content (AvgIpc) is 2.86. The number of nitro benzene ring substituents is 1. The molecule has 0 spiro atoms. The van der Waals surface area contributed by atoms with Crippen molar-refractivity contribution in [3.05, 3.63) is 34.4 Å². The monoisotopic (exact) mass is 510 g/mol. The van der Waals surface area contributed by atoms with Crippen molar-refractivity contribution in [2.75, 3.05) is 26.2 Å². The first-order valence-corrected chi connectivity index (χ1v) is 13.9. The lowest BCUT2D eigenvalue weighted by atomic mass is 9.98. The van der Waals surface area contributed by atoms with Gasteiger partial charge in [-0.2, -0.15) is 4.72 Å². The van der Waals surface area contributed by atoms with Gasteiger partial charge in [0, 0.05) is 44.7 Å². The van der Waals surface area contributed by atoms with Crippen LogP contribution in [0.1, 0.15) is 65.7 Å². The third-order valence-electron chi connectivity index (χ3n) is 6.56. The maximum Gasteiger partial charge on any atom is 0.269 e. The summed E-state index contributed by atoms with van der Waals surface area (Å²) in [4.78, 5) is 39.3. The van der Waals surface area contributed by atoms with E-state index in [2.05, 4.69) is 11.6 Å². The second-order valence-electron chi connectivity index (χ2n) is 9.11. The van der Waals surface area contributed by atoms with Gasteiger partial charge < -0.3 is 9.80 Å². The normalized spacial score (nSPS) is 16.1. The van der Waals surface area contributed by atoms with Gasteiger partial charge in [0.25, 0.3) is 5.69 Å². The van der Waals surface area contributed by atoms with Gasteiger partial charge in [0.2, 0.25) is 21.8 Å². The lowest BCUT2D eigenvalue weighted by Crippen LogP contribution is -2.57. The molecular weight excluding hydrogens is 472 g/mol. The van der Waals surface area contributed by atoms with Gasteiger partial charge in [-0.1, -0.05) is 52.9 Å². The number of carbonyl (C=O) groups excluding carboxylic acids is 2. The van der Waals surface area contributed by atoms with E-state index in [0.29, 0.717) is 39.0 Å². The standard InChI is InChI=1S/C24H38N4O6S/c1-4-6-7-8-9-10-22(29)26-15-17-27(18-16-26)24(30)23(19(3)5-2)25-35(33,34)21-13-11-20(12-14-21)28(31)32/h11-14,19,23,25H,4-10,15-18H2,1-3H3. The van der Waals surface area contributed by atoms with Gasteiger partial charge in [-0.15, -0.1) is 0 Å². The summed E-state index contributed by atoms with van der Waals surface area (Å²) in [5.74, 6) is -0.486. The molecule has 10 nitrogen and oxygen atoms in total. The van der Waals surface area contributed by atoms with Crippen molar-refractivity contribution >= 4 is 27.5 Å². The quantitative estimate of drug-likeness (QED) is 0.246. The Morgan fingerprint density at radius 2 is 1.57 bits per heavy atom. The molecule has 1 heterocycles. The fourth-order valence-corrected chi connectivity index (χ4v) is 5.34. The van der Waals surface area contributed by atoms with Crippen molar-refractivity contribution < 1.29 is 22.9 Å². The summed E-state index contributed by atoms with van der Waals surface area (Å²) >= 11 is 0. The predicted octanol–water partition coefficient (Wildman–Crippen LogP) is 3.32. The Morgan fingerprint density at radius 3 is 2.11 bits per heavy atom. The second kappa shape index (κ2) is 13.5. The summed E-state index contributed by atoms with van der Waals surface area (Å²) < 4.78 is 28.4. The van der Waals surface area contributed by atoms with Crippen LogP contribution in [0.15, 0.2) is 29.2 Å². The molecule has 1 aliphatic heterocycles. The van der Waals surface area contributed by atoms with Gasteiger partial charge in [-0.05, 0) is 24.5 Å².